The minimum Gasteiger partial charge on any atom is -0.336 e. The van der Waals surface area contributed by atoms with Crippen LogP contribution < -0.4 is 16.2 Å². The van der Waals surface area contributed by atoms with Gasteiger partial charge in [0.15, 0.2) is 0 Å². The molecule has 0 radical (unpaired) electrons. The lowest BCUT2D eigenvalue weighted by Gasteiger charge is -2.47. The Morgan fingerprint density at radius 2 is 1.95 bits per heavy atom. The number of aromatic amines is 1. The van der Waals surface area contributed by atoms with E-state index in [0.717, 1.165) is 29.6 Å². The predicted octanol–water partition coefficient (Wildman–Crippen LogP) is 6.38. The van der Waals surface area contributed by atoms with Gasteiger partial charge in [-0.1, -0.05) is 38.1 Å². The largest absolute Gasteiger partial charge is 0.336 e. The Kier molecular flexibility index (Phi) is 7.34. The number of hydrogen-bond donors (Lipinski definition) is 3. The monoisotopic (exact) mass is 568 g/mol. The number of aromatic nitrogens is 3. The van der Waals surface area contributed by atoms with Gasteiger partial charge in [-0.2, -0.15) is 5.10 Å². The molecule has 2 atom stereocenters. The highest BCUT2D eigenvalue weighted by Crippen LogP contribution is 2.36. The third-order valence-electron chi connectivity index (χ3n) is 7.63. The number of anilines is 3. The number of rotatable bonds is 8. The van der Waals surface area contributed by atoms with Crippen molar-refractivity contribution in [3.05, 3.63) is 99.5 Å². The normalized spacial score (nSPS) is 16.9. The molecule has 1 fully saturated rings. The summed E-state index contributed by atoms with van der Waals surface area (Å²) in [6.07, 6.45) is 2.96. The first kappa shape index (κ1) is 26.8. The van der Waals surface area contributed by atoms with Crippen LogP contribution >= 0.6 is 11.3 Å². The van der Waals surface area contributed by atoms with E-state index in [-0.39, 0.29) is 11.4 Å². The van der Waals surface area contributed by atoms with Crippen molar-refractivity contribution >= 4 is 44.5 Å². The molecule has 208 valence electrons. The number of pyridine rings is 1. The third-order valence-corrected chi connectivity index (χ3v) is 8.74. The Morgan fingerprint density at radius 1 is 1.10 bits per heavy atom. The molecule has 0 saturated carbocycles. The zero-order chi connectivity index (χ0) is 28.5. The number of H-pyrrole nitrogens is 1. The van der Waals surface area contributed by atoms with Crippen LogP contribution in [0.4, 0.5) is 21.6 Å². The highest BCUT2D eigenvalue weighted by Gasteiger charge is 2.37. The van der Waals surface area contributed by atoms with Crippen LogP contribution in [0.25, 0.3) is 21.3 Å². The molecule has 2 aromatic carbocycles. The summed E-state index contributed by atoms with van der Waals surface area (Å²) < 4.78 is 15.7. The summed E-state index contributed by atoms with van der Waals surface area (Å²) in [5.74, 6) is 0.0215. The van der Waals surface area contributed by atoms with E-state index in [4.69, 9.17) is 0 Å². The minimum absolute atomic E-state index is 0.0211. The molecule has 1 saturated heterocycles. The van der Waals surface area contributed by atoms with Gasteiger partial charge in [0.1, 0.15) is 17.3 Å². The van der Waals surface area contributed by atoms with E-state index in [1.165, 1.54) is 29.0 Å². The summed E-state index contributed by atoms with van der Waals surface area (Å²) in [6, 6.07) is 19.8. The standard InChI is InChI=1S/C31H29FN6O2S/c1-3-26-21(17-38(26)4-2)20-10-12-29(33-16-20)34-25-15-23(36-37-30(25)39)18-9-11-22(32)24(13-18)35-31(40)28-14-19-7-5-6-8-27(19)41-28/h5-16,21,26H,3-4,17H2,1-2H3,(H,35,40)(H,37,39)(H,33,34,36). The highest BCUT2D eigenvalue weighted by molar-refractivity contribution is 7.20. The number of nitrogens with zero attached hydrogens (tertiary/aromatic N) is 3. The molecule has 10 heteroatoms. The topological polar surface area (TPSA) is 103 Å². The molecular weight excluding hydrogens is 539 g/mol. The summed E-state index contributed by atoms with van der Waals surface area (Å²) in [6.45, 7) is 6.46. The number of carbonyl (C=O) groups is 1. The quantitative estimate of drug-likeness (QED) is 0.201. The lowest BCUT2D eigenvalue weighted by molar-refractivity contribution is 0.0627. The molecule has 3 N–H and O–H groups in total. The Bertz CT molecular complexity index is 1750. The summed E-state index contributed by atoms with van der Waals surface area (Å²) >= 11 is 1.34. The number of nitrogens with one attached hydrogen (secondary N) is 3. The second-order valence-electron chi connectivity index (χ2n) is 10.1. The maximum Gasteiger partial charge on any atom is 0.287 e. The summed E-state index contributed by atoms with van der Waals surface area (Å²) in [5, 5.41) is 13.3. The van der Waals surface area contributed by atoms with E-state index >= 15 is 0 Å². The first-order chi connectivity index (χ1) is 19.9. The Hall–Kier alpha value is -4.41. The molecule has 1 aliphatic rings. The van der Waals surface area contributed by atoms with E-state index in [0.29, 0.717) is 33.9 Å². The number of amides is 1. The molecule has 0 spiro atoms. The third kappa shape index (κ3) is 5.36. The van der Waals surface area contributed by atoms with Gasteiger partial charge in [-0.15, -0.1) is 11.3 Å². The summed E-state index contributed by atoms with van der Waals surface area (Å²) in [7, 11) is 0. The van der Waals surface area contributed by atoms with Crippen molar-refractivity contribution in [2.75, 3.05) is 23.7 Å². The molecule has 6 rings (SSSR count). The van der Waals surface area contributed by atoms with Crippen molar-refractivity contribution in [3.8, 4) is 11.3 Å². The van der Waals surface area contributed by atoms with Crippen LogP contribution in [0.3, 0.4) is 0 Å². The number of carbonyl (C=O) groups excluding carboxylic acids is 1. The van der Waals surface area contributed by atoms with Gasteiger partial charge in [-0.25, -0.2) is 14.5 Å². The molecule has 8 nitrogen and oxygen atoms in total. The number of halogens is 1. The maximum atomic E-state index is 14.7. The van der Waals surface area contributed by atoms with Crippen molar-refractivity contribution in [1.82, 2.24) is 20.1 Å². The first-order valence-electron chi connectivity index (χ1n) is 13.6. The molecular formula is C31H29FN6O2S. The molecule has 0 aliphatic carbocycles. The highest BCUT2D eigenvalue weighted by atomic mass is 32.1. The van der Waals surface area contributed by atoms with E-state index in [1.54, 1.807) is 18.2 Å². The van der Waals surface area contributed by atoms with Crippen LogP contribution in [0.5, 0.6) is 0 Å². The molecule has 0 bridgehead atoms. The molecule has 2 unspecified atom stereocenters. The number of hydrogen-bond acceptors (Lipinski definition) is 7. The summed E-state index contributed by atoms with van der Waals surface area (Å²) in [4.78, 5) is 32.9. The smallest absolute Gasteiger partial charge is 0.287 e. The van der Waals surface area contributed by atoms with Gasteiger partial charge in [0.05, 0.1) is 16.3 Å². The van der Waals surface area contributed by atoms with Crippen LogP contribution in [0, 0.1) is 5.82 Å². The minimum atomic E-state index is -0.575. The fourth-order valence-electron chi connectivity index (χ4n) is 5.40. The van der Waals surface area contributed by atoms with Crippen LogP contribution in [0.1, 0.15) is 41.4 Å². The second kappa shape index (κ2) is 11.2. The van der Waals surface area contributed by atoms with Gasteiger partial charge < -0.3 is 10.6 Å². The summed E-state index contributed by atoms with van der Waals surface area (Å²) in [5.41, 5.74) is 1.98. The van der Waals surface area contributed by atoms with Gasteiger partial charge in [-0.05, 0) is 66.4 Å². The lowest BCUT2D eigenvalue weighted by Crippen LogP contribution is -2.53. The fraction of sp³-hybridized carbons (Fsp3) is 0.226. The van der Waals surface area contributed by atoms with E-state index in [9.17, 15) is 14.0 Å². The molecule has 3 aromatic heterocycles. The maximum absolute atomic E-state index is 14.7. The predicted molar refractivity (Wildman–Crippen MR) is 162 cm³/mol. The van der Waals surface area contributed by atoms with Crippen LogP contribution in [0.2, 0.25) is 0 Å². The Balaban J connectivity index is 1.19. The Morgan fingerprint density at radius 3 is 2.71 bits per heavy atom. The molecule has 41 heavy (non-hydrogen) atoms. The van der Waals surface area contributed by atoms with Crippen molar-refractivity contribution in [3.63, 3.8) is 0 Å². The van der Waals surface area contributed by atoms with Crippen molar-refractivity contribution in [2.24, 2.45) is 0 Å². The molecule has 4 heterocycles. The number of likely N-dealkylation sites (tertiary alicyclic amines) is 1. The van der Waals surface area contributed by atoms with E-state index in [2.05, 4.69) is 50.6 Å². The van der Waals surface area contributed by atoms with E-state index in [1.807, 2.05) is 36.5 Å². The lowest BCUT2D eigenvalue weighted by atomic mass is 9.82. The van der Waals surface area contributed by atoms with Gasteiger partial charge in [0, 0.05) is 35.0 Å². The Labute approximate surface area is 240 Å². The molecule has 1 aliphatic heterocycles. The average molecular weight is 569 g/mol. The SMILES string of the molecule is CCC1C(c2ccc(Nc3cc(-c4ccc(F)c(NC(=O)c5cc6ccccc6s5)c4)n[nH]c3=O)nc2)CN1CC. The van der Waals surface area contributed by atoms with Gasteiger partial charge >= 0.3 is 0 Å². The number of benzene rings is 2. The number of fused-ring (bicyclic) bond motifs is 1. The van der Waals surface area contributed by atoms with Crippen LogP contribution in [-0.4, -0.2) is 45.1 Å². The molecule has 5 aromatic rings. The van der Waals surface area contributed by atoms with Gasteiger partial charge in [0.2, 0.25) is 0 Å². The van der Waals surface area contributed by atoms with Crippen LogP contribution in [-0.2, 0) is 0 Å². The zero-order valence-electron chi connectivity index (χ0n) is 22.6. The number of likely N-dealkylation sites (N-methyl/N-ethyl adjacent to an activating group) is 1. The fourth-order valence-corrected chi connectivity index (χ4v) is 6.36. The second-order valence-corrected chi connectivity index (χ2v) is 11.1. The molecule has 1 amide bonds. The van der Waals surface area contributed by atoms with Gasteiger partial charge in [0.25, 0.3) is 11.5 Å². The van der Waals surface area contributed by atoms with Gasteiger partial charge in [-0.3, -0.25) is 14.5 Å². The van der Waals surface area contributed by atoms with Crippen molar-refractivity contribution in [1.29, 1.82) is 0 Å². The zero-order valence-corrected chi connectivity index (χ0v) is 23.5. The van der Waals surface area contributed by atoms with Crippen molar-refractivity contribution in [2.45, 2.75) is 32.2 Å². The van der Waals surface area contributed by atoms with Crippen LogP contribution in [0.15, 0.2) is 77.7 Å². The first-order valence-corrected chi connectivity index (χ1v) is 14.4. The average Bonchev–Trinajstić information content (AvgIpc) is 3.41. The van der Waals surface area contributed by atoms with Crippen molar-refractivity contribution < 1.29 is 9.18 Å². The number of thiophene rings is 1. The van der Waals surface area contributed by atoms with E-state index < -0.39 is 17.3 Å².